The Hall–Kier alpha value is -1.86. The molecule has 0 heterocycles. The highest BCUT2D eigenvalue weighted by molar-refractivity contribution is 5.95. The molecule has 0 aliphatic heterocycles. The second-order valence-electron chi connectivity index (χ2n) is 5.79. The van der Waals surface area contributed by atoms with Crippen molar-refractivity contribution in [2.75, 3.05) is 13.2 Å². The van der Waals surface area contributed by atoms with Crippen LogP contribution in [0, 0.1) is 23.6 Å². The highest BCUT2D eigenvalue weighted by atomic mass is 19.1. The van der Waals surface area contributed by atoms with E-state index in [0.29, 0.717) is 17.5 Å². The number of halogens is 1. The molecule has 3 rings (SSSR count). The molecule has 2 aliphatic carbocycles. The Morgan fingerprint density at radius 3 is 2.67 bits per heavy atom. The zero-order valence-electron chi connectivity index (χ0n) is 11.8. The Morgan fingerprint density at radius 2 is 2.10 bits per heavy atom. The molecule has 0 aromatic heterocycles. The van der Waals surface area contributed by atoms with Crippen LogP contribution in [0.15, 0.2) is 18.2 Å². The molecule has 1 N–H and O–H groups in total. The van der Waals surface area contributed by atoms with Crippen molar-refractivity contribution in [3.05, 3.63) is 35.1 Å². The maximum absolute atomic E-state index is 14.1. The van der Waals surface area contributed by atoms with Crippen LogP contribution in [0.3, 0.4) is 0 Å². The maximum atomic E-state index is 14.1. The number of aliphatic hydroxyl groups excluding tert-OH is 1. The van der Waals surface area contributed by atoms with Gasteiger partial charge in [-0.3, -0.25) is 4.79 Å². The third-order valence-electron chi connectivity index (χ3n) is 3.91. The molecule has 1 aromatic rings. The number of amides is 1. The lowest BCUT2D eigenvalue weighted by molar-refractivity contribution is 0.0730. The number of carbonyl (C=O) groups excluding carboxylic acids is 1. The summed E-state index contributed by atoms with van der Waals surface area (Å²) in [6.07, 6.45) is 4.41. The maximum Gasteiger partial charge on any atom is 0.257 e. The van der Waals surface area contributed by atoms with Crippen LogP contribution < -0.4 is 0 Å². The Labute approximate surface area is 123 Å². The van der Waals surface area contributed by atoms with Gasteiger partial charge in [0, 0.05) is 18.2 Å². The van der Waals surface area contributed by atoms with Crippen molar-refractivity contribution in [1.29, 1.82) is 0 Å². The first kappa shape index (κ1) is 14.1. The molecule has 1 aromatic carbocycles. The van der Waals surface area contributed by atoms with Gasteiger partial charge in [-0.25, -0.2) is 4.39 Å². The van der Waals surface area contributed by atoms with E-state index in [-0.39, 0.29) is 18.1 Å². The first-order valence-electron chi connectivity index (χ1n) is 7.39. The smallest absolute Gasteiger partial charge is 0.257 e. The van der Waals surface area contributed by atoms with E-state index in [2.05, 4.69) is 11.8 Å². The second-order valence-corrected chi connectivity index (χ2v) is 5.79. The van der Waals surface area contributed by atoms with Gasteiger partial charge in [-0.05, 0) is 49.8 Å². The van der Waals surface area contributed by atoms with Crippen molar-refractivity contribution in [3.8, 4) is 11.8 Å². The van der Waals surface area contributed by atoms with Crippen LogP contribution in [0.4, 0.5) is 4.39 Å². The van der Waals surface area contributed by atoms with Gasteiger partial charge in [0.05, 0.1) is 5.56 Å². The Balaban J connectivity index is 1.79. The summed E-state index contributed by atoms with van der Waals surface area (Å²) in [6, 6.07) is 4.69. The molecule has 0 atom stereocenters. The lowest BCUT2D eigenvalue weighted by atomic mass is 10.1. The normalized spacial score (nSPS) is 17.0. The molecule has 2 aliphatic rings. The highest BCUT2D eigenvalue weighted by Crippen LogP contribution is 2.35. The van der Waals surface area contributed by atoms with Crippen molar-refractivity contribution in [2.24, 2.45) is 5.92 Å². The molecule has 0 spiro atoms. The number of rotatable bonds is 4. The Kier molecular flexibility index (Phi) is 3.94. The molecular weight excluding hydrogens is 269 g/mol. The van der Waals surface area contributed by atoms with Crippen molar-refractivity contribution in [2.45, 2.75) is 31.7 Å². The summed E-state index contributed by atoms with van der Waals surface area (Å²) in [5, 5.41) is 8.64. The van der Waals surface area contributed by atoms with Crippen LogP contribution in [0.5, 0.6) is 0 Å². The fourth-order valence-electron chi connectivity index (χ4n) is 2.43. The summed E-state index contributed by atoms with van der Waals surface area (Å²) in [4.78, 5) is 14.4. The molecule has 0 bridgehead atoms. The molecule has 4 heteroatoms. The Morgan fingerprint density at radius 1 is 1.33 bits per heavy atom. The van der Waals surface area contributed by atoms with Crippen LogP contribution in [0.25, 0.3) is 0 Å². The van der Waals surface area contributed by atoms with Crippen LogP contribution in [-0.4, -0.2) is 35.1 Å². The minimum Gasteiger partial charge on any atom is -0.384 e. The van der Waals surface area contributed by atoms with E-state index in [1.54, 1.807) is 6.07 Å². The second kappa shape index (κ2) is 5.87. The quantitative estimate of drug-likeness (QED) is 0.862. The van der Waals surface area contributed by atoms with E-state index >= 15 is 0 Å². The third-order valence-corrected chi connectivity index (χ3v) is 3.91. The molecular formula is C17H18FNO2. The van der Waals surface area contributed by atoms with Crippen LogP contribution >= 0.6 is 0 Å². The predicted molar refractivity (Wildman–Crippen MR) is 77.1 cm³/mol. The molecule has 0 saturated heterocycles. The first-order valence-corrected chi connectivity index (χ1v) is 7.39. The van der Waals surface area contributed by atoms with Crippen molar-refractivity contribution >= 4 is 5.91 Å². The van der Waals surface area contributed by atoms with Gasteiger partial charge < -0.3 is 10.0 Å². The van der Waals surface area contributed by atoms with Gasteiger partial charge in [-0.1, -0.05) is 11.8 Å². The van der Waals surface area contributed by atoms with E-state index in [1.165, 1.54) is 25.0 Å². The fourth-order valence-corrected chi connectivity index (χ4v) is 2.43. The van der Waals surface area contributed by atoms with E-state index in [0.717, 1.165) is 19.4 Å². The summed E-state index contributed by atoms with van der Waals surface area (Å²) >= 11 is 0. The van der Waals surface area contributed by atoms with E-state index in [4.69, 9.17) is 5.11 Å². The minimum atomic E-state index is -0.536. The predicted octanol–water partition coefficient (Wildman–Crippen LogP) is 2.18. The minimum absolute atomic E-state index is 0.122. The topological polar surface area (TPSA) is 40.5 Å². The summed E-state index contributed by atoms with van der Waals surface area (Å²) in [7, 11) is 0. The van der Waals surface area contributed by atoms with Crippen molar-refractivity contribution in [3.63, 3.8) is 0 Å². The SMILES string of the molecule is O=C(c1ccc(C#CCO)cc1F)N(CC1CC1)C1CC1. The van der Waals surface area contributed by atoms with Crippen molar-refractivity contribution < 1.29 is 14.3 Å². The van der Waals surface area contributed by atoms with E-state index < -0.39 is 5.82 Å². The number of aliphatic hydroxyl groups is 1. The van der Waals surface area contributed by atoms with E-state index in [9.17, 15) is 9.18 Å². The number of benzene rings is 1. The summed E-state index contributed by atoms with van der Waals surface area (Å²) in [5.74, 6) is 4.98. The average Bonchev–Trinajstić information content (AvgIpc) is 3.35. The molecule has 0 unspecified atom stereocenters. The lowest BCUT2D eigenvalue weighted by Gasteiger charge is -2.22. The summed E-state index contributed by atoms with van der Waals surface area (Å²) in [5.41, 5.74) is 0.593. The molecule has 3 nitrogen and oxygen atoms in total. The Bertz CT molecular complexity index is 609. The number of nitrogens with zero attached hydrogens (tertiary/aromatic N) is 1. The largest absolute Gasteiger partial charge is 0.384 e. The molecule has 1 amide bonds. The van der Waals surface area contributed by atoms with Gasteiger partial charge in [0.1, 0.15) is 12.4 Å². The highest BCUT2D eigenvalue weighted by Gasteiger charge is 2.37. The number of hydrogen-bond donors (Lipinski definition) is 1. The fraction of sp³-hybridized carbons (Fsp3) is 0.471. The average molecular weight is 287 g/mol. The van der Waals surface area contributed by atoms with Gasteiger partial charge in [0.2, 0.25) is 0 Å². The summed E-state index contributed by atoms with van der Waals surface area (Å²) < 4.78 is 14.1. The van der Waals surface area contributed by atoms with Crippen LogP contribution in [-0.2, 0) is 0 Å². The van der Waals surface area contributed by atoms with Gasteiger partial charge in [0.25, 0.3) is 5.91 Å². The van der Waals surface area contributed by atoms with Gasteiger partial charge >= 0.3 is 0 Å². The van der Waals surface area contributed by atoms with Gasteiger partial charge in [-0.2, -0.15) is 0 Å². The zero-order valence-corrected chi connectivity index (χ0v) is 11.8. The monoisotopic (exact) mass is 287 g/mol. The molecule has 2 fully saturated rings. The number of hydrogen-bond acceptors (Lipinski definition) is 2. The standard InChI is InChI=1S/C17H18FNO2/c18-16-10-12(2-1-9-20)5-8-15(16)17(21)19(14-6-7-14)11-13-3-4-13/h5,8,10,13-14,20H,3-4,6-7,9,11H2. The van der Waals surface area contributed by atoms with Gasteiger partial charge in [0.15, 0.2) is 0 Å². The first-order chi connectivity index (χ1) is 10.2. The molecule has 110 valence electrons. The zero-order chi connectivity index (χ0) is 14.8. The van der Waals surface area contributed by atoms with Crippen LogP contribution in [0.1, 0.15) is 41.6 Å². The van der Waals surface area contributed by atoms with Crippen LogP contribution in [0.2, 0.25) is 0 Å². The molecule has 2 saturated carbocycles. The number of carbonyl (C=O) groups is 1. The molecule has 21 heavy (non-hydrogen) atoms. The van der Waals surface area contributed by atoms with E-state index in [1.807, 2.05) is 4.90 Å². The summed E-state index contributed by atoms with van der Waals surface area (Å²) in [6.45, 7) is 0.494. The lowest BCUT2D eigenvalue weighted by Crippen LogP contribution is -2.35. The third kappa shape index (κ3) is 3.43. The van der Waals surface area contributed by atoms with Crippen molar-refractivity contribution in [1.82, 2.24) is 4.90 Å². The van der Waals surface area contributed by atoms with Gasteiger partial charge in [-0.15, -0.1) is 0 Å². The molecule has 0 radical (unpaired) electrons.